The van der Waals surface area contributed by atoms with Crippen LogP contribution in [0.1, 0.15) is 21.5 Å². The van der Waals surface area contributed by atoms with Gasteiger partial charge in [0.15, 0.2) is 0 Å². The minimum Gasteiger partial charge on any atom is -0.366 e. The van der Waals surface area contributed by atoms with Crippen molar-refractivity contribution in [2.24, 2.45) is 5.73 Å². The molecular weight excluding hydrogens is 286 g/mol. The molecule has 1 heterocycles. The van der Waals surface area contributed by atoms with E-state index in [4.69, 9.17) is 5.73 Å². The van der Waals surface area contributed by atoms with Crippen LogP contribution < -0.4 is 11.1 Å². The molecule has 0 bridgehead atoms. The van der Waals surface area contributed by atoms with Crippen molar-refractivity contribution in [3.8, 4) is 0 Å². The number of benzene rings is 2. The van der Waals surface area contributed by atoms with Crippen molar-refractivity contribution in [3.63, 3.8) is 0 Å². The lowest BCUT2D eigenvalue weighted by molar-refractivity contribution is 0.100. The molecule has 3 rings (SSSR count). The summed E-state index contributed by atoms with van der Waals surface area (Å²) in [6.45, 7) is 1.74. The minimum absolute atomic E-state index is 0.391. The van der Waals surface area contributed by atoms with Gasteiger partial charge in [0.1, 0.15) is 0 Å². The van der Waals surface area contributed by atoms with Gasteiger partial charge in [-0.15, -0.1) is 0 Å². The number of amides is 1. The molecule has 3 N–H and O–H groups in total. The molecule has 0 spiro atoms. The highest BCUT2D eigenvalue weighted by atomic mass is 16.1. The Labute approximate surface area is 135 Å². The highest BCUT2D eigenvalue weighted by Crippen LogP contribution is 2.22. The van der Waals surface area contributed by atoms with E-state index in [9.17, 15) is 4.79 Å². The molecule has 0 aliphatic rings. The van der Waals surface area contributed by atoms with Crippen LogP contribution in [0.4, 0.5) is 0 Å². The van der Waals surface area contributed by atoms with Crippen LogP contribution in [0.5, 0.6) is 0 Å². The van der Waals surface area contributed by atoms with Crippen molar-refractivity contribution in [1.82, 2.24) is 9.88 Å². The fraction of sp³-hybridized carbons (Fsp3) is 0.211. The number of hydrogen-bond donors (Lipinski definition) is 2. The monoisotopic (exact) mass is 307 g/mol. The molecule has 118 valence electrons. The van der Waals surface area contributed by atoms with Crippen LogP contribution >= 0.6 is 0 Å². The summed E-state index contributed by atoms with van der Waals surface area (Å²) in [5.41, 5.74) is 9.57. The van der Waals surface area contributed by atoms with Crippen LogP contribution in [-0.2, 0) is 13.0 Å². The highest BCUT2D eigenvalue weighted by molar-refractivity contribution is 5.92. The summed E-state index contributed by atoms with van der Waals surface area (Å²) in [6.07, 6.45) is 3.23. The molecule has 1 aromatic heterocycles. The molecular formula is C19H21N3O. The van der Waals surface area contributed by atoms with Gasteiger partial charge < -0.3 is 15.6 Å². The summed E-state index contributed by atoms with van der Waals surface area (Å²) in [4.78, 5) is 11.2. The normalized spacial score (nSPS) is 11.0. The standard InChI is InChI=1S/C19H21N3O/c1-21-11-10-16-13-22(18-5-3-2-4-17(16)18)12-14-6-8-15(9-7-14)19(20)23/h2-9,13,21H,10-12H2,1H3,(H2,20,23). The molecule has 0 fully saturated rings. The summed E-state index contributed by atoms with van der Waals surface area (Å²) in [6, 6.07) is 16.0. The van der Waals surface area contributed by atoms with Crippen molar-refractivity contribution in [1.29, 1.82) is 0 Å². The molecule has 0 atom stereocenters. The molecule has 0 aliphatic heterocycles. The maximum absolute atomic E-state index is 11.2. The number of nitrogens with zero attached hydrogens (tertiary/aromatic N) is 1. The maximum Gasteiger partial charge on any atom is 0.248 e. The van der Waals surface area contributed by atoms with E-state index in [1.165, 1.54) is 16.5 Å². The molecule has 23 heavy (non-hydrogen) atoms. The number of para-hydroxylation sites is 1. The second kappa shape index (κ2) is 6.67. The number of nitrogens with two attached hydrogens (primary N) is 1. The summed E-state index contributed by atoms with van der Waals surface area (Å²) >= 11 is 0. The quantitative estimate of drug-likeness (QED) is 0.735. The molecule has 2 aromatic carbocycles. The lowest BCUT2D eigenvalue weighted by Crippen LogP contribution is -2.10. The number of carbonyl (C=O) groups is 1. The van der Waals surface area contributed by atoms with Crippen LogP contribution in [-0.4, -0.2) is 24.1 Å². The lowest BCUT2D eigenvalue weighted by atomic mass is 10.1. The summed E-state index contributed by atoms with van der Waals surface area (Å²) in [5, 5.41) is 4.51. The van der Waals surface area contributed by atoms with Gasteiger partial charge in [0.05, 0.1) is 0 Å². The maximum atomic E-state index is 11.2. The van der Waals surface area contributed by atoms with Gasteiger partial charge in [-0.1, -0.05) is 30.3 Å². The van der Waals surface area contributed by atoms with E-state index in [0.717, 1.165) is 25.1 Å². The average molecular weight is 307 g/mol. The number of nitrogens with one attached hydrogen (secondary N) is 1. The molecule has 4 heteroatoms. The Bertz CT molecular complexity index is 818. The van der Waals surface area contributed by atoms with Gasteiger partial charge in [0.2, 0.25) is 5.91 Å². The third kappa shape index (κ3) is 3.27. The Morgan fingerprint density at radius 2 is 1.87 bits per heavy atom. The van der Waals surface area contributed by atoms with Gasteiger partial charge in [-0.25, -0.2) is 0 Å². The van der Waals surface area contributed by atoms with Gasteiger partial charge >= 0.3 is 0 Å². The van der Waals surface area contributed by atoms with Gasteiger partial charge in [-0.05, 0) is 49.3 Å². The number of carbonyl (C=O) groups excluding carboxylic acids is 1. The Hall–Kier alpha value is -2.59. The zero-order valence-electron chi connectivity index (χ0n) is 13.3. The van der Waals surface area contributed by atoms with E-state index >= 15 is 0 Å². The first kappa shape index (κ1) is 15.3. The molecule has 0 saturated carbocycles. The topological polar surface area (TPSA) is 60.1 Å². The van der Waals surface area contributed by atoms with Crippen molar-refractivity contribution < 1.29 is 4.79 Å². The largest absolute Gasteiger partial charge is 0.366 e. The van der Waals surface area contributed by atoms with Crippen molar-refractivity contribution in [2.75, 3.05) is 13.6 Å². The number of hydrogen-bond acceptors (Lipinski definition) is 2. The van der Waals surface area contributed by atoms with E-state index in [1.807, 2.05) is 19.2 Å². The second-order valence-electron chi connectivity index (χ2n) is 5.71. The first-order chi connectivity index (χ1) is 11.2. The third-order valence-electron chi connectivity index (χ3n) is 4.11. The Morgan fingerprint density at radius 3 is 2.57 bits per heavy atom. The molecule has 1 amide bonds. The van der Waals surface area contributed by atoms with Crippen molar-refractivity contribution in [3.05, 3.63) is 71.4 Å². The predicted molar refractivity (Wildman–Crippen MR) is 93.6 cm³/mol. The van der Waals surface area contributed by atoms with Gasteiger partial charge in [0, 0.05) is 29.2 Å². The van der Waals surface area contributed by atoms with E-state index in [0.29, 0.717) is 5.56 Å². The van der Waals surface area contributed by atoms with Crippen LogP contribution in [0.25, 0.3) is 10.9 Å². The van der Waals surface area contributed by atoms with Crippen molar-refractivity contribution in [2.45, 2.75) is 13.0 Å². The fourth-order valence-corrected chi connectivity index (χ4v) is 2.88. The number of primary amides is 1. The van der Waals surface area contributed by atoms with Gasteiger partial charge in [-0.3, -0.25) is 4.79 Å². The van der Waals surface area contributed by atoms with E-state index in [1.54, 1.807) is 12.1 Å². The van der Waals surface area contributed by atoms with E-state index < -0.39 is 5.91 Å². The number of rotatable bonds is 6. The van der Waals surface area contributed by atoms with Gasteiger partial charge in [0.25, 0.3) is 0 Å². The summed E-state index contributed by atoms with van der Waals surface area (Å²) in [5.74, 6) is -0.391. The molecule has 0 radical (unpaired) electrons. The van der Waals surface area contributed by atoms with Crippen LogP contribution in [0.3, 0.4) is 0 Å². The third-order valence-corrected chi connectivity index (χ3v) is 4.11. The molecule has 0 unspecified atom stereocenters. The zero-order chi connectivity index (χ0) is 16.2. The summed E-state index contributed by atoms with van der Waals surface area (Å²) < 4.78 is 2.26. The van der Waals surface area contributed by atoms with Gasteiger partial charge in [-0.2, -0.15) is 0 Å². The highest BCUT2D eigenvalue weighted by Gasteiger charge is 2.08. The number of likely N-dealkylation sites (N-methyl/N-ethyl adjacent to an activating group) is 1. The Balaban J connectivity index is 1.91. The van der Waals surface area contributed by atoms with Crippen LogP contribution in [0.15, 0.2) is 54.7 Å². The molecule has 3 aromatic rings. The smallest absolute Gasteiger partial charge is 0.248 e. The Kier molecular flexibility index (Phi) is 4.44. The first-order valence-electron chi connectivity index (χ1n) is 7.79. The number of fused-ring (bicyclic) bond motifs is 1. The fourth-order valence-electron chi connectivity index (χ4n) is 2.88. The first-order valence-corrected chi connectivity index (χ1v) is 7.79. The SMILES string of the molecule is CNCCc1cn(Cc2ccc(C(N)=O)cc2)c2ccccc12. The molecule has 0 saturated heterocycles. The minimum atomic E-state index is -0.391. The lowest BCUT2D eigenvalue weighted by Gasteiger charge is -2.06. The average Bonchev–Trinajstić information content (AvgIpc) is 2.91. The molecule has 0 aliphatic carbocycles. The Morgan fingerprint density at radius 1 is 1.13 bits per heavy atom. The van der Waals surface area contributed by atoms with E-state index in [-0.39, 0.29) is 0 Å². The molecule has 4 nitrogen and oxygen atoms in total. The zero-order valence-corrected chi connectivity index (χ0v) is 13.3. The summed E-state index contributed by atoms with van der Waals surface area (Å²) in [7, 11) is 1.97. The predicted octanol–water partition coefficient (Wildman–Crippen LogP) is 2.55. The van der Waals surface area contributed by atoms with E-state index in [2.05, 4.69) is 40.3 Å². The van der Waals surface area contributed by atoms with Crippen LogP contribution in [0, 0.1) is 0 Å². The number of aromatic nitrogens is 1. The van der Waals surface area contributed by atoms with Crippen LogP contribution in [0.2, 0.25) is 0 Å². The van der Waals surface area contributed by atoms with Crippen molar-refractivity contribution >= 4 is 16.8 Å². The second-order valence-corrected chi connectivity index (χ2v) is 5.71.